The Hall–Kier alpha value is -2.84. The fourth-order valence-corrected chi connectivity index (χ4v) is 4.44. The first kappa shape index (κ1) is 22.4. The minimum atomic E-state index is -0.222. The number of nitrogens with one attached hydrogen (secondary N) is 1. The van der Waals surface area contributed by atoms with Crippen LogP contribution in [0.2, 0.25) is 0 Å². The molecule has 172 valence electrons. The summed E-state index contributed by atoms with van der Waals surface area (Å²) in [6.45, 7) is 7.04. The summed E-state index contributed by atoms with van der Waals surface area (Å²) in [7, 11) is 1.80. The zero-order chi connectivity index (χ0) is 22.3. The number of guanidine groups is 1. The Morgan fingerprint density at radius 3 is 2.38 bits per heavy atom. The smallest absolute Gasteiger partial charge is 0.193 e. The van der Waals surface area contributed by atoms with Crippen LogP contribution in [0.1, 0.15) is 11.6 Å². The van der Waals surface area contributed by atoms with Gasteiger partial charge in [-0.1, -0.05) is 24.3 Å². The molecule has 0 bridgehead atoms. The quantitative estimate of drug-likeness (QED) is 0.549. The second-order valence-electron chi connectivity index (χ2n) is 8.11. The number of aliphatic imine (C=N–C) groups is 1. The van der Waals surface area contributed by atoms with Gasteiger partial charge in [0.15, 0.2) is 5.96 Å². The Bertz CT molecular complexity index is 894. The Morgan fingerprint density at radius 1 is 1.03 bits per heavy atom. The SMILES string of the molecule is CN=C(NCC(c1ccc(F)cc1)N1CCOCC1)N1CCN(c2ccccc2O)CC1. The summed E-state index contributed by atoms with van der Waals surface area (Å²) >= 11 is 0. The highest BCUT2D eigenvalue weighted by Gasteiger charge is 2.25. The summed E-state index contributed by atoms with van der Waals surface area (Å²) in [5.74, 6) is 0.957. The van der Waals surface area contributed by atoms with Crippen molar-refractivity contribution in [2.45, 2.75) is 6.04 Å². The Labute approximate surface area is 189 Å². The van der Waals surface area contributed by atoms with Gasteiger partial charge in [0.2, 0.25) is 0 Å². The number of hydrogen-bond acceptors (Lipinski definition) is 5. The maximum atomic E-state index is 13.5. The van der Waals surface area contributed by atoms with Crippen molar-refractivity contribution in [1.82, 2.24) is 15.1 Å². The molecule has 0 aliphatic carbocycles. The lowest BCUT2D eigenvalue weighted by Gasteiger charge is -2.39. The van der Waals surface area contributed by atoms with Gasteiger partial charge in [-0.05, 0) is 29.8 Å². The number of rotatable bonds is 5. The third-order valence-electron chi connectivity index (χ3n) is 6.21. The number of morpholine rings is 1. The van der Waals surface area contributed by atoms with E-state index in [1.165, 1.54) is 12.1 Å². The van der Waals surface area contributed by atoms with E-state index < -0.39 is 0 Å². The van der Waals surface area contributed by atoms with E-state index in [-0.39, 0.29) is 11.9 Å². The zero-order valence-electron chi connectivity index (χ0n) is 18.6. The van der Waals surface area contributed by atoms with Gasteiger partial charge in [0.25, 0.3) is 0 Å². The summed E-state index contributed by atoms with van der Waals surface area (Å²) < 4.78 is 19.0. The average Bonchev–Trinajstić information content (AvgIpc) is 2.84. The third-order valence-corrected chi connectivity index (χ3v) is 6.21. The largest absolute Gasteiger partial charge is 0.506 e. The van der Waals surface area contributed by atoms with Crippen molar-refractivity contribution < 1.29 is 14.2 Å². The molecule has 32 heavy (non-hydrogen) atoms. The van der Waals surface area contributed by atoms with Gasteiger partial charge in [-0.25, -0.2) is 4.39 Å². The van der Waals surface area contributed by atoms with Gasteiger partial charge >= 0.3 is 0 Å². The van der Waals surface area contributed by atoms with Crippen LogP contribution in [-0.4, -0.2) is 86.9 Å². The van der Waals surface area contributed by atoms with Crippen LogP contribution in [-0.2, 0) is 4.74 Å². The molecule has 2 N–H and O–H groups in total. The number of anilines is 1. The molecule has 2 aromatic rings. The second-order valence-corrected chi connectivity index (χ2v) is 8.11. The highest BCUT2D eigenvalue weighted by Crippen LogP contribution is 2.27. The standard InChI is InChI=1S/C24H32FN5O2/c1-26-24(30-12-10-28(11-13-30)21-4-2-3-5-23(21)31)27-18-22(29-14-16-32-17-15-29)19-6-8-20(25)9-7-19/h2-9,22,31H,10-18H2,1H3,(H,26,27). The van der Waals surface area contributed by atoms with Crippen LogP contribution in [0, 0.1) is 5.82 Å². The van der Waals surface area contributed by atoms with E-state index in [2.05, 4.69) is 25.0 Å². The highest BCUT2D eigenvalue weighted by molar-refractivity contribution is 5.80. The van der Waals surface area contributed by atoms with Crippen LogP contribution in [0.5, 0.6) is 5.75 Å². The van der Waals surface area contributed by atoms with E-state index in [0.717, 1.165) is 56.5 Å². The van der Waals surface area contributed by atoms with Crippen molar-refractivity contribution in [3.63, 3.8) is 0 Å². The lowest BCUT2D eigenvalue weighted by atomic mass is 10.0. The lowest BCUT2D eigenvalue weighted by molar-refractivity contribution is 0.0168. The summed E-state index contributed by atoms with van der Waals surface area (Å²) in [5.41, 5.74) is 1.96. The van der Waals surface area contributed by atoms with Crippen LogP contribution in [0.15, 0.2) is 53.5 Å². The van der Waals surface area contributed by atoms with Gasteiger partial charge in [-0.3, -0.25) is 9.89 Å². The van der Waals surface area contributed by atoms with Gasteiger partial charge in [0, 0.05) is 52.9 Å². The molecular formula is C24H32FN5O2. The third kappa shape index (κ3) is 5.31. The molecule has 4 rings (SSSR count). The average molecular weight is 442 g/mol. The number of piperazine rings is 1. The molecule has 0 saturated carbocycles. The molecule has 1 unspecified atom stereocenters. The summed E-state index contributed by atoms with van der Waals surface area (Å²) in [6.07, 6.45) is 0. The fourth-order valence-electron chi connectivity index (χ4n) is 4.44. The zero-order valence-corrected chi connectivity index (χ0v) is 18.6. The Morgan fingerprint density at radius 2 is 1.72 bits per heavy atom. The predicted octanol–water partition coefficient (Wildman–Crippen LogP) is 2.30. The van der Waals surface area contributed by atoms with Crippen LogP contribution >= 0.6 is 0 Å². The first-order valence-electron chi connectivity index (χ1n) is 11.2. The fraction of sp³-hybridized carbons (Fsp3) is 0.458. The molecule has 2 fully saturated rings. The van der Waals surface area contributed by atoms with Crippen LogP contribution in [0.25, 0.3) is 0 Å². The lowest BCUT2D eigenvalue weighted by Crippen LogP contribution is -2.54. The summed E-state index contributed by atoms with van der Waals surface area (Å²) in [6, 6.07) is 14.4. The number of nitrogens with zero attached hydrogens (tertiary/aromatic N) is 4. The van der Waals surface area contributed by atoms with Crippen LogP contribution in [0.4, 0.5) is 10.1 Å². The number of para-hydroxylation sites is 2. The molecule has 1 atom stereocenters. The van der Waals surface area contributed by atoms with Gasteiger partial charge in [-0.2, -0.15) is 0 Å². The molecule has 8 heteroatoms. The van der Waals surface area contributed by atoms with Crippen molar-refractivity contribution in [3.8, 4) is 5.75 Å². The molecule has 2 aliphatic rings. The van der Waals surface area contributed by atoms with E-state index in [1.807, 2.05) is 30.3 Å². The molecule has 2 saturated heterocycles. The van der Waals surface area contributed by atoms with E-state index >= 15 is 0 Å². The number of benzene rings is 2. The first-order chi connectivity index (χ1) is 15.7. The number of phenols is 1. The number of phenolic OH excluding ortho intramolecular Hbond substituents is 1. The Balaban J connectivity index is 1.39. The molecule has 2 aliphatic heterocycles. The van der Waals surface area contributed by atoms with Crippen LogP contribution in [0.3, 0.4) is 0 Å². The molecule has 0 aromatic heterocycles. The van der Waals surface area contributed by atoms with Crippen molar-refractivity contribution in [2.75, 3.05) is 71.0 Å². The number of aromatic hydroxyl groups is 1. The van der Waals surface area contributed by atoms with Crippen molar-refractivity contribution in [3.05, 3.63) is 59.9 Å². The normalized spacial score (nSPS) is 19.1. The van der Waals surface area contributed by atoms with Crippen molar-refractivity contribution >= 4 is 11.6 Å². The summed E-state index contributed by atoms with van der Waals surface area (Å²) in [5, 5.41) is 13.7. The van der Waals surface area contributed by atoms with E-state index in [1.54, 1.807) is 13.1 Å². The second kappa shape index (κ2) is 10.7. The highest BCUT2D eigenvalue weighted by atomic mass is 19.1. The maximum absolute atomic E-state index is 13.5. The molecular weight excluding hydrogens is 409 g/mol. The van der Waals surface area contributed by atoms with E-state index in [9.17, 15) is 9.50 Å². The topological polar surface area (TPSA) is 63.6 Å². The maximum Gasteiger partial charge on any atom is 0.193 e. The van der Waals surface area contributed by atoms with Crippen molar-refractivity contribution in [2.24, 2.45) is 4.99 Å². The van der Waals surface area contributed by atoms with Crippen molar-refractivity contribution in [1.29, 1.82) is 0 Å². The first-order valence-corrected chi connectivity index (χ1v) is 11.2. The minimum Gasteiger partial charge on any atom is -0.506 e. The van der Waals surface area contributed by atoms with Crippen LogP contribution < -0.4 is 10.2 Å². The van der Waals surface area contributed by atoms with Gasteiger partial charge in [0.05, 0.1) is 24.9 Å². The number of halogens is 1. The Kier molecular flexibility index (Phi) is 7.44. The molecule has 0 amide bonds. The number of hydrogen-bond donors (Lipinski definition) is 2. The summed E-state index contributed by atoms with van der Waals surface area (Å²) in [4.78, 5) is 11.3. The molecule has 0 radical (unpaired) electrons. The molecule has 0 spiro atoms. The van der Waals surface area contributed by atoms with Gasteiger partial charge < -0.3 is 25.0 Å². The predicted molar refractivity (Wildman–Crippen MR) is 125 cm³/mol. The van der Waals surface area contributed by atoms with Gasteiger partial charge in [-0.15, -0.1) is 0 Å². The van der Waals surface area contributed by atoms with E-state index in [4.69, 9.17) is 4.74 Å². The minimum absolute atomic E-state index is 0.110. The van der Waals surface area contributed by atoms with Gasteiger partial charge in [0.1, 0.15) is 11.6 Å². The molecule has 7 nitrogen and oxygen atoms in total. The molecule has 2 aromatic carbocycles. The number of ether oxygens (including phenoxy) is 1. The molecule has 2 heterocycles. The van der Waals surface area contributed by atoms with E-state index in [0.29, 0.717) is 25.5 Å². The monoisotopic (exact) mass is 441 g/mol.